The lowest BCUT2D eigenvalue weighted by Crippen LogP contribution is -2.23. The molecule has 0 bridgehead atoms. The second-order valence-electron chi connectivity index (χ2n) is 3.56. The quantitative estimate of drug-likeness (QED) is 0.946. The first-order valence-corrected chi connectivity index (χ1v) is 6.77. The number of hydrogen-bond acceptors (Lipinski definition) is 3. The maximum Gasteiger partial charge on any atom is 0.271 e. The van der Waals surface area contributed by atoms with E-state index in [9.17, 15) is 4.79 Å². The highest BCUT2D eigenvalue weighted by Gasteiger charge is 2.08. The smallest absolute Gasteiger partial charge is 0.271 e. The first-order chi connectivity index (χ1) is 8.15. The van der Waals surface area contributed by atoms with Crippen LogP contribution in [0.5, 0.6) is 0 Å². The third kappa shape index (κ3) is 3.38. The minimum absolute atomic E-state index is 0.128. The van der Waals surface area contributed by atoms with Crippen LogP contribution in [0.3, 0.4) is 0 Å². The summed E-state index contributed by atoms with van der Waals surface area (Å²) in [5, 5.41) is 5.51. The minimum atomic E-state index is -0.128. The summed E-state index contributed by atoms with van der Waals surface area (Å²) >= 11 is 4.85. The van der Waals surface area contributed by atoms with Crippen molar-refractivity contribution >= 4 is 33.2 Å². The number of carbonyl (C=O) groups excluding carboxylic acids is 1. The average molecular weight is 311 g/mol. The number of amides is 1. The predicted molar refractivity (Wildman–Crippen MR) is 72.2 cm³/mol. The Balaban J connectivity index is 1.94. The molecule has 0 saturated carbocycles. The molecule has 2 aromatic rings. The Bertz CT molecular complexity index is 522. The van der Waals surface area contributed by atoms with E-state index in [0.29, 0.717) is 12.2 Å². The van der Waals surface area contributed by atoms with Crippen molar-refractivity contribution in [2.24, 2.45) is 0 Å². The molecule has 0 saturated heterocycles. The lowest BCUT2D eigenvalue weighted by atomic mass is 10.2. The number of rotatable bonds is 3. The molecule has 3 nitrogen and oxygen atoms in total. The molecule has 0 aliphatic carbocycles. The molecule has 0 aliphatic heterocycles. The second kappa shape index (κ2) is 5.42. The number of nitrogens with one attached hydrogen (secondary N) is 1. The van der Waals surface area contributed by atoms with Gasteiger partial charge in [-0.25, -0.2) is 4.98 Å². The van der Waals surface area contributed by atoms with Gasteiger partial charge in [0.05, 0.1) is 5.01 Å². The first-order valence-electron chi connectivity index (χ1n) is 5.10. The number of halogens is 1. The summed E-state index contributed by atoms with van der Waals surface area (Å²) in [7, 11) is 0. The van der Waals surface area contributed by atoms with Gasteiger partial charge in [-0.3, -0.25) is 4.79 Å². The highest BCUT2D eigenvalue weighted by Crippen LogP contribution is 2.11. The fourth-order valence-electron chi connectivity index (χ4n) is 1.34. The molecule has 0 aliphatic rings. The number of hydrogen-bond donors (Lipinski definition) is 1. The Kier molecular flexibility index (Phi) is 3.91. The van der Waals surface area contributed by atoms with Gasteiger partial charge in [-0.05, 0) is 24.6 Å². The minimum Gasteiger partial charge on any atom is -0.347 e. The largest absolute Gasteiger partial charge is 0.347 e. The van der Waals surface area contributed by atoms with Crippen molar-refractivity contribution in [1.82, 2.24) is 10.3 Å². The Labute approximate surface area is 112 Å². The van der Waals surface area contributed by atoms with Gasteiger partial charge in [-0.2, -0.15) is 0 Å². The summed E-state index contributed by atoms with van der Waals surface area (Å²) in [6.45, 7) is 2.40. The van der Waals surface area contributed by atoms with E-state index < -0.39 is 0 Å². The van der Waals surface area contributed by atoms with Crippen LogP contribution in [-0.4, -0.2) is 10.9 Å². The van der Waals surface area contributed by atoms with Crippen LogP contribution in [-0.2, 0) is 6.54 Å². The summed E-state index contributed by atoms with van der Waals surface area (Å²) in [6.07, 6.45) is 0. The lowest BCUT2D eigenvalue weighted by Gasteiger charge is -2.03. The molecule has 17 heavy (non-hydrogen) atoms. The van der Waals surface area contributed by atoms with Gasteiger partial charge < -0.3 is 5.32 Å². The van der Waals surface area contributed by atoms with Crippen molar-refractivity contribution in [2.45, 2.75) is 13.5 Å². The van der Waals surface area contributed by atoms with Crippen molar-refractivity contribution in [2.75, 3.05) is 0 Å². The standard InChI is InChI=1S/C12H11BrN2OS/c1-8-15-11(7-17-8)12(16)14-6-9-2-4-10(13)5-3-9/h2-5,7H,6H2,1H3,(H,14,16). The Morgan fingerprint density at radius 1 is 1.41 bits per heavy atom. The van der Waals surface area contributed by atoms with E-state index in [2.05, 4.69) is 26.2 Å². The molecule has 2 rings (SSSR count). The maximum atomic E-state index is 11.7. The van der Waals surface area contributed by atoms with E-state index in [0.717, 1.165) is 15.0 Å². The maximum absolute atomic E-state index is 11.7. The fraction of sp³-hybridized carbons (Fsp3) is 0.167. The van der Waals surface area contributed by atoms with E-state index in [1.54, 1.807) is 5.38 Å². The van der Waals surface area contributed by atoms with E-state index in [1.165, 1.54) is 11.3 Å². The number of carbonyl (C=O) groups is 1. The van der Waals surface area contributed by atoms with Crippen LogP contribution in [0.15, 0.2) is 34.1 Å². The van der Waals surface area contributed by atoms with Gasteiger partial charge in [0.25, 0.3) is 5.91 Å². The second-order valence-corrected chi connectivity index (χ2v) is 5.54. The van der Waals surface area contributed by atoms with Gasteiger partial charge in [-0.15, -0.1) is 11.3 Å². The van der Waals surface area contributed by atoms with Gasteiger partial charge in [-0.1, -0.05) is 28.1 Å². The lowest BCUT2D eigenvalue weighted by molar-refractivity contribution is 0.0946. The predicted octanol–water partition coefficient (Wildman–Crippen LogP) is 3.14. The molecule has 0 radical (unpaired) electrons. The fourth-order valence-corrected chi connectivity index (χ4v) is 2.20. The number of benzene rings is 1. The summed E-state index contributed by atoms with van der Waals surface area (Å²) in [5.41, 5.74) is 1.55. The van der Waals surface area contributed by atoms with Gasteiger partial charge in [0.2, 0.25) is 0 Å². The van der Waals surface area contributed by atoms with Crippen LogP contribution in [0.4, 0.5) is 0 Å². The molecular formula is C12H11BrN2OS. The summed E-state index contributed by atoms with van der Waals surface area (Å²) in [5.74, 6) is -0.128. The molecule has 0 unspecified atom stereocenters. The van der Waals surface area contributed by atoms with Crippen LogP contribution in [0.25, 0.3) is 0 Å². The van der Waals surface area contributed by atoms with Crippen LogP contribution in [0.1, 0.15) is 21.1 Å². The molecule has 1 aromatic heterocycles. The van der Waals surface area contributed by atoms with E-state index in [1.807, 2.05) is 31.2 Å². The van der Waals surface area contributed by atoms with Crippen LogP contribution >= 0.6 is 27.3 Å². The van der Waals surface area contributed by atoms with Crippen LogP contribution < -0.4 is 5.32 Å². The van der Waals surface area contributed by atoms with E-state index >= 15 is 0 Å². The number of aromatic nitrogens is 1. The van der Waals surface area contributed by atoms with Crippen molar-refractivity contribution < 1.29 is 4.79 Å². The molecule has 88 valence electrons. The molecule has 5 heteroatoms. The molecule has 1 heterocycles. The number of aryl methyl sites for hydroxylation is 1. The van der Waals surface area contributed by atoms with E-state index in [4.69, 9.17) is 0 Å². The molecule has 1 amide bonds. The summed E-state index contributed by atoms with van der Waals surface area (Å²) in [6, 6.07) is 7.84. The zero-order valence-corrected chi connectivity index (χ0v) is 11.6. The zero-order chi connectivity index (χ0) is 12.3. The Hall–Kier alpha value is -1.20. The highest BCUT2D eigenvalue weighted by atomic mass is 79.9. The number of nitrogens with zero attached hydrogens (tertiary/aromatic N) is 1. The SMILES string of the molecule is Cc1nc(C(=O)NCc2ccc(Br)cc2)cs1. The Morgan fingerprint density at radius 3 is 2.71 bits per heavy atom. The molecular weight excluding hydrogens is 300 g/mol. The van der Waals surface area contributed by atoms with Gasteiger partial charge >= 0.3 is 0 Å². The monoisotopic (exact) mass is 310 g/mol. The Morgan fingerprint density at radius 2 is 2.12 bits per heavy atom. The van der Waals surface area contributed by atoms with Crippen LogP contribution in [0.2, 0.25) is 0 Å². The third-order valence-electron chi connectivity index (χ3n) is 2.22. The number of thiazole rings is 1. The van der Waals surface area contributed by atoms with Crippen molar-refractivity contribution in [3.8, 4) is 0 Å². The molecule has 0 fully saturated rings. The zero-order valence-electron chi connectivity index (χ0n) is 9.24. The molecule has 0 atom stereocenters. The molecule has 1 N–H and O–H groups in total. The van der Waals surface area contributed by atoms with Crippen molar-refractivity contribution in [3.05, 3.63) is 50.4 Å². The normalized spacial score (nSPS) is 10.2. The average Bonchev–Trinajstić information content (AvgIpc) is 2.75. The first kappa shape index (κ1) is 12.3. The summed E-state index contributed by atoms with van der Waals surface area (Å²) in [4.78, 5) is 15.9. The molecule has 1 aromatic carbocycles. The van der Waals surface area contributed by atoms with Gasteiger partial charge in [0, 0.05) is 16.4 Å². The van der Waals surface area contributed by atoms with Gasteiger partial charge in [0.15, 0.2) is 0 Å². The van der Waals surface area contributed by atoms with Crippen LogP contribution in [0, 0.1) is 6.92 Å². The molecule has 0 spiro atoms. The van der Waals surface area contributed by atoms with Gasteiger partial charge in [0.1, 0.15) is 5.69 Å². The van der Waals surface area contributed by atoms with E-state index in [-0.39, 0.29) is 5.91 Å². The van der Waals surface area contributed by atoms with Crippen molar-refractivity contribution in [3.63, 3.8) is 0 Å². The highest BCUT2D eigenvalue weighted by molar-refractivity contribution is 9.10. The summed E-state index contributed by atoms with van der Waals surface area (Å²) < 4.78 is 1.03. The third-order valence-corrected chi connectivity index (χ3v) is 3.52. The topological polar surface area (TPSA) is 42.0 Å². The van der Waals surface area contributed by atoms with Crippen molar-refractivity contribution in [1.29, 1.82) is 0 Å².